The summed E-state index contributed by atoms with van der Waals surface area (Å²) < 4.78 is 8.78. The Labute approximate surface area is 225 Å². The lowest BCUT2D eigenvalue weighted by molar-refractivity contribution is -0.131. The summed E-state index contributed by atoms with van der Waals surface area (Å²) in [5, 5.41) is 9.84. The van der Waals surface area contributed by atoms with Crippen LogP contribution in [0.25, 0.3) is 39.4 Å². The van der Waals surface area contributed by atoms with Crippen molar-refractivity contribution in [1.82, 2.24) is 24.4 Å². The van der Waals surface area contributed by atoms with E-state index in [1.54, 1.807) is 47.2 Å². The van der Waals surface area contributed by atoms with Gasteiger partial charge in [-0.15, -0.1) is 5.10 Å². The second-order valence-corrected chi connectivity index (χ2v) is 9.80. The van der Waals surface area contributed by atoms with Gasteiger partial charge >= 0.3 is 5.97 Å². The highest BCUT2D eigenvalue weighted by molar-refractivity contribution is 7.15. The predicted octanol–water partition coefficient (Wildman–Crippen LogP) is 4.80. The van der Waals surface area contributed by atoms with Crippen LogP contribution in [0.2, 0.25) is 5.02 Å². The zero-order valence-corrected chi connectivity index (χ0v) is 21.5. The molecule has 0 atom stereocenters. The molecule has 6 aromatic rings. The van der Waals surface area contributed by atoms with E-state index in [4.69, 9.17) is 21.4 Å². The number of para-hydroxylation sites is 2. The van der Waals surface area contributed by atoms with Crippen LogP contribution in [-0.4, -0.2) is 30.3 Å². The maximum Gasteiger partial charge on any atom is 0.308 e. The Morgan fingerprint density at radius 1 is 0.974 bits per heavy atom. The summed E-state index contributed by atoms with van der Waals surface area (Å²) in [6.45, 7) is 1.33. The zero-order valence-electron chi connectivity index (χ0n) is 19.9. The van der Waals surface area contributed by atoms with Crippen LogP contribution in [0.1, 0.15) is 12.5 Å². The lowest BCUT2D eigenvalue weighted by atomic mass is 10.1. The number of aromatic nitrogens is 5. The Hall–Kier alpha value is -4.60. The largest absolute Gasteiger partial charge is 0.426 e. The van der Waals surface area contributed by atoms with E-state index in [-0.39, 0.29) is 5.56 Å². The molecule has 3 aromatic carbocycles. The minimum absolute atomic E-state index is 0.301. The van der Waals surface area contributed by atoms with E-state index in [0.29, 0.717) is 37.3 Å². The molecule has 38 heavy (non-hydrogen) atoms. The van der Waals surface area contributed by atoms with Crippen LogP contribution < -0.4 is 14.8 Å². The lowest BCUT2D eigenvalue weighted by Gasteiger charge is -2.04. The number of carbonyl (C=O) groups excluding carboxylic acids is 1. The van der Waals surface area contributed by atoms with E-state index >= 15 is 0 Å². The Bertz CT molecular complexity index is 1910. The van der Waals surface area contributed by atoms with Crippen LogP contribution in [0.5, 0.6) is 5.75 Å². The van der Waals surface area contributed by atoms with Crippen LogP contribution >= 0.6 is 22.9 Å². The van der Waals surface area contributed by atoms with Crippen molar-refractivity contribution in [2.75, 3.05) is 0 Å². The maximum absolute atomic E-state index is 13.3. The van der Waals surface area contributed by atoms with Crippen molar-refractivity contribution < 1.29 is 9.53 Å². The number of thiazole rings is 1. The Balaban J connectivity index is 1.46. The molecule has 0 saturated carbocycles. The molecule has 3 heterocycles. The molecule has 0 aliphatic carbocycles. The number of esters is 1. The fourth-order valence-corrected chi connectivity index (χ4v) is 5.05. The smallest absolute Gasteiger partial charge is 0.308 e. The molecule has 10 heteroatoms. The summed E-state index contributed by atoms with van der Waals surface area (Å²) in [6.07, 6.45) is 3.68. The summed E-state index contributed by atoms with van der Waals surface area (Å²) in [5.74, 6) is 0.182. The van der Waals surface area contributed by atoms with Crippen molar-refractivity contribution in [2.24, 2.45) is 0 Å². The molecule has 0 amide bonds. The molecule has 8 nitrogen and oxygen atoms in total. The summed E-state index contributed by atoms with van der Waals surface area (Å²) in [6, 6.07) is 24.1. The first-order valence-electron chi connectivity index (χ1n) is 11.6. The van der Waals surface area contributed by atoms with Gasteiger partial charge in [0.05, 0.1) is 15.8 Å². The molecule has 0 N–H and O–H groups in total. The van der Waals surface area contributed by atoms with Crippen LogP contribution in [0.15, 0.2) is 89.9 Å². The third kappa shape index (κ3) is 4.49. The van der Waals surface area contributed by atoms with Gasteiger partial charge in [0, 0.05) is 29.3 Å². The highest BCUT2D eigenvalue weighted by Gasteiger charge is 2.17. The number of hydrogen-bond donors (Lipinski definition) is 0. The van der Waals surface area contributed by atoms with Crippen molar-refractivity contribution in [3.63, 3.8) is 0 Å². The first kappa shape index (κ1) is 23.8. The SMILES string of the molecule is CC(=O)Oc1ccccc1-c1nc2sc(=Cc3cn(-c4ccccc4)nc3-c3ccc(Cl)cc3)c(=O)n2n1. The summed E-state index contributed by atoms with van der Waals surface area (Å²) in [5.41, 5.74) is 3.45. The van der Waals surface area contributed by atoms with Gasteiger partial charge in [-0.1, -0.05) is 65.4 Å². The first-order valence-corrected chi connectivity index (χ1v) is 12.8. The second-order valence-electron chi connectivity index (χ2n) is 8.36. The normalized spacial score (nSPS) is 11.8. The third-order valence-corrected chi connectivity index (χ3v) is 6.94. The number of rotatable bonds is 5. The lowest BCUT2D eigenvalue weighted by Crippen LogP contribution is -2.23. The molecule has 0 spiro atoms. The van der Waals surface area contributed by atoms with Gasteiger partial charge in [-0.2, -0.15) is 14.6 Å². The fourth-order valence-electron chi connectivity index (χ4n) is 4.02. The van der Waals surface area contributed by atoms with Crippen molar-refractivity contribution >= 4 is 39.9 Å². The van der Waals surface area contributed by atoms with Gasteiger partial charge in [-0.25, -0.2) is 4.68 Å². The number of hydrogen-bond acceptors (Lipinski definition) is 7. The number of ether oxygens (including phenoxy) is 1. The highest BCUT2D eigenvalue weighted by atomic mass is 35.5. The van der Waals surface area contributed by atoms with E-state index in [1.165, 1.54) is 22.8 Å². The number of nitrogens with zero attached hydrogens (tertiary/aromatic N) is 5. The minimum Gasteiger partial charge on any atom is -0.426 e. The van der Waals surface area contributed by atoms with Crippen molar-refractivity contribution in [3.8, 4) is 34.1 Å². The second kappa shape index (κ2) is 9.70. The van der Waals surface area contributed by atoms with Gasteiger partial charge in [0.15, 0.2) is 5.82 Å². The van der Waals surface area contributed by atoms with Gasteiger partial charge in [0.25, 0.3) is 5.56 Å². The third-order valence-electron chi connectivity index (χ3n) is 5.73. The molecule has 0 radical (unpaired) electrons. The number of fused-ring (bicyclic) bond motifs is 1. The number of halogens is 1. The molecule has 0 aliphatic rings. The van der Waals surface area contributed by atoms with E-state index < -0.39 is 5.97 Å². The predicted molar refractivity (Wildman–Crippen MR) is 147 cm³/mol. The average Bonchev–Trinajstić information content (AvgIpc) is 3.60. The van der Waals surface area contributed by atoms with Crippen LogP contribution in [0.4, 0.5) is 0 Å². The number of benzene rings is 3. The summed E-state index contributed by atoms with van der Waals surface area (Å²) in [4.78, 5) is 29.8. The van der Waals surface area contributed by atoms with Gasteiger partial charge in [0.1, 0.15) is 11.4 Å². The maximum atomic E-state index is 13.3. The van der Waals surface area contributed by atoms with Crippen molar-refractivity contribution in [2.45, 2.75) is 6.92 Å². The quantitative estimate of drug-likeness (QED) is 0.231. The van der Waals surface area contributed by atoms with Crippen LogP contribution in [0.3, 0.4) is 0 Å². The molecule has 6 rings (SSSR count). The molecule has 0 unspecified atom stereocenters. The monoisotopic (exact) mass is 539 g/mol. The van der Waals surface area contributed by atoms with Gasteiger partial charge in [-0.3, -0.25) is 9.59 Å². The van der Waals surface area contributed by atoms with Gasteiger partial charge in [0.2, 0.25) is 4.96 Å². The summed E-state index contributed by atoms with van der Waals surface area (Å²) >= 11 is 7.32. The first-order chi connectivity index (χ1) is 18.5. The fraction of sp³-hybridized carbons (Fsp3) is 0.0357. The molecule has 3 aromatic heterocycles. The average molecular weight is 540 g/mol. The minimum atomic E-state index is -0.451. The van der Waals surface area contributed by atoms with Gasteiger partial charge in [-0.05, 0) is 42.5 Å². The van der Waals surface area contributed by atoms with Gasteiger partial charge < -0.3 is 4.74 Å². The molecule has 0 fully saturated rings. The topological polar surface area (TPSA) is 91.4 Å². The Morgan fingerprint density at radius 3 is 2.45 bits per heavy atom. The van der Waals surface area contributed by atoms with E-state index in [9.17, 15) is 9.59 Å². The molecule has 186 valence electrons. The van der Waals surface area contributed by atoms with E-state index in [1.807, 2.05) is 48.7 Å². The standard InChI is InChI=1S/C28H18ClN5O3S/c1-17(35)37-23-10-6-5-9-22(23)26-30-28-34(32-26)27(36)24(38-28)15-19-16-33(21-7-3-2-4-8-21)31-25(19)18-11-13-20(29)14-12-18/h2-16H,1H3. The Morgan fingerprint density at radius 2 is 1.71 bits per heavy atom. The molecule has 0 bridgehead atoms. The Kier molecular flexibility index (Phi) is 6.07. The number of carbonyl (C=O) groups is 1. The van der Waals surface area contributed by atoms with Crippen molar-refractivity contribution in [3.05, 3.63) is 111 Å². The van der Waals surface area contributed by atoms with Crippen LogP contribution in [0, 0.1) is 0 Å². The van der Waals surface area contributed by atoms with Crippen LogP contribution in [-0.2, 0) is 4.79 Å². The zero-order chi connectivity index (χ0) is 26.2. The van der Waals surface area contributed by atoms with E-state index in [2.05, 4.69) is 10.1 Å². The van der Waals surface area contributed by atoms with E-state index in [0.717, 1.165) is 16.8 Å². The molecular formula is C28H18ClN5O3S. The molecule has 0 saturated heterocycles. The van der Waals surface area contributed by atoms with Crippen molar-refractivity contribution in [1.29, 1.82) is 0 Å². The highest BCUT2D eigenvalue weighted by Crippen LogP contribution is 2.28. The molecule has 0 aliphatic heterocycles. The summed E-state index contributed by atoms with van der Waals surface area (Å²) in [7, 11) is 0. The molecular weight excluding hydrogens is 522 g/mol.